The molecule has 80 valence electrons. The Hall–Kier alpha value is -1.57. The van der Waals surface area contributed by atoms with Crippen molar-refractivity contribution in [3.63, 3.8) is 0 Å². The fraction of sp³-hybridized carbons (Fsp3) is 0.308. The molecule has 0 amide bonds. The van der Waals surface area contributed by atoms with E-state index >= 15 is 0 Å². The minimum atomic E-state index is -0.173. The van der Waals surface area contributed by atoms with Crippen LogP contribution in [0.4, 0.5) is 0 Å². The Morgan fingerprint density at radius 1 is 1.33 bits per heavy atom. The Morgan fingerprint density at radius 2 is 2.00 bits per heavy atom. The molecule has 0 aliphatic rings. The van der Waals surface area contributed by atoms with Gasteiger partial charge in [0.25, 0.3) is 0 Å². The van der Waals surface area contributed by atoms with Gasteiger partial charge in [0.2, 0.25) is 0 Å². The van der Waals surface area contributed by atoms with E-state index in [2.05, 4.69) is 0 Å². The SMILES string of the molecule is CCOC(=O)C/C=C(/C)c1ccccc1. The van der Waals surface area contributed by atoms with Gasteiger partial charge in [-0.1, -0.05) is 36.4 Å². The Balaban J connectivity index is 2.57. The van der Waals surface area contributed by atoms with E-state index in [9.17, 15) is 4.79 Å². The van der Waals surface area contributed by atoms with Gasteiger partial charge in [0.1, 0.15) is 0 Å². The van der Waals surface area contributed by atoms with Gasteiger partial charge in [-0.25, -0.2) is 0 Å². The minimum absolute atomic E-state index is 0.173. The number of carbonyl (C=O) groups excluding carboxylic acids is 1. The first-order valence-electron chi connectivity index (χ1n) is 5.12. The highest BCUT2D eigenvalue weighted by atomic mass is 16.5. The van der Waals surface area contributed by atoms with E-state index in [1.807, 2.05) is 50.3 Å². The third-order valence-corrected chi connectivity index (χ3v) is 2.11. The lowest BCUT2D eigenvalue weighted by Crippen LogP contribution is -2.01. The molecule has 0 bridgehead atoms. The van der Waals surface area contributed by atoms with Crippen molar-refractivity contribution < 1.29 is 9.53 Å². The molecule has 0 unspecified atom stereocenters. The van der Waals surface area contributed by atoms with Gasteiger partial charge in [-0.05, 0) is 25.0 Å². The van der Waals surface area contributed by atoms with Crippen LogP contribution >= 0.6 is 0 Å². The van der Waals surface area contributed by atoms with Crippen LogP contribution in [0.3, 0.4) is 0 Å². The molecule has 0 radical (unpaired) electrons. The number of benzene rings is 1. The first-order valence-corrected chi connectivity index (χ1v) is 5.12. The highest BCUT2D eigenvalue weighted by Gasteiger charge is 1.99. The summed E-state index contributed by atoms with van der Waals surface area (Å²) in [6.07, 6.45) is 2.24. The summed E-state index contributed by atoms with van der Waals surface area (Å²) < 4.78 is 4.84. The van der Waals surface area contributed by atoms with Crippen LogP contribution < -0.4 is 0 Å². The molecule has 2 nitrogen and oxygen atoms in total. The summed E-state index contributed by atoms with van der Waals surface area (Å²) in [7, 11) is 0. The van der Waals surface area contributed by atoms with Crippen LogP contribution in [0.1, 0.15) is 25.8 Å². The van der Waals surface area contributed by atoms with Crippen LogP contribution in [0.25, 0.3) is 5.57 Å². The molecular weight excluding hydrogens is 188 g/mol. The first-order chi connectivity index (χ1) is 7.24. The molecular formula is C13H16O2. The molecule has 1 aromatic carbocycles. The highest BCUT2D eigenvalue weighted by molar-refractivity contribution is 5.75. The molecule has 0 aromatic heterocycles. The van der Waals surface area contributed by atoms with E-state index in [0.717, 1.165) is 11.1 Å². The summed E-state index contributed by atoms with van der Waals surface area (Å²) in [5, 5.41) is 0. The molecule has 0 aliphatic carbocycles. The monoisotopic (exact) mass is 204 g/mol. The Labute approximate surface area is 90.6 Å². The summed E-state index contributed by atoms with van der Waals surface area (Å²) in [6, 6.07) is 9.99. The zero-order valence-electron chi connectivity index (χ0n) is 9.19. The lowest BCUT2D eigenvalue weighted by Gasteiger charge is -2.01. The topological polar surface area (TPSA) is 26.3 Å². The van der Waals surface area contributed by atoms with Gasteiger partial charge >= 0.3 is 5.97 Å². The zero-order valence-corrected chi connectivity index (χ0v) is 9.19. The Morgan fingerprint density at radius 3 is 2.60 bits per heavy atom. The number of ether oxygens (including phenoxy) is 1. The number of rotatable bonds is 4. The van der Waals surface area contributed by atoms with Crippen molar-refractivity contribution in [1.82, 2.24) is 0 Å². The fourth-order valence-corrected chi connectivity index (χ4v) is 1.28. The average molecular weight is 204 g/mol. The van der Waals surface area contributed by atoms with E-state index in [0.29, 0.717) is 13.0 Å². The highest BCUT2D eigenvalue weighted by Crippen LogP contribution is 2.13. The predicted octanol–water partition coefficient (Wildman–Crippen LogP) is 3.04. The van der Waals surface area contributed by atoms with Gasteiger partial charge in [0.15, 0.2) is 0 Å². The number of hydrogen-bond acceptors (Lipinski definition) is 2. The molecule has 15 heavy (non-hydrogen) atoms. The van der Waals surface area contributed by atoms with E-state index in [1.54, 1.807) is 0 Å². The average Bonchev–Trinajstić information content (AvgIpc) is 2.27. The van der Waals surface area contributed by atoms with Crippen molar-refractivity contribution in [2.45, 2.75) is 20.3 Å². The van der Waals surface area contributed by atoms with E-state index < -0.39 is 0 Å². The second-order valence-corrected chi connectivity index (χ2v) is 3.26. The van der Waals surface area contributed by atoms with Crippen molar-refractivity contribution in [1.29, 1.82) is 0 Å². The van der Waals surface area contributed by atoms with Gasteiger partial charge in [0.05, 0.1) is 13.0 Å². The molecule has 0 atom stereocenters. The first kappa shape index (κ1) is 11.5. The summed E-state index contributed by atoms with van der Waals surface area (Å²) in [5.74, 6) is -0.173. The molecule has 0 aliphatic heterocycles. The molecule has 2 heteroatoms. The molecule has 0 fully saturated rings. The molecule has 0 saturated carbocycles. The Kier molecular flexibility index (Phi) is 4.61. The smallest absolute Gasteiger partial charge is 0.309 e. The maximum Gasteiger partial charge on any atom is 0.309 e. The van der Waals surface area contributed by atoms with Crippen LogP contribution in [-0.4, -0.2) is 12.6 Å². The normalized spacial score (nSPS) is 11.2. The van der Waals surface area contributed by atoms with Crippen LogP contribution in [0.2, 0.25) is 0 Å². The van der Waals surface area contributed by atoms with E-state index in [4.69, 9.17) is 4.74 Å². The predicted molar refractivity (Wildman–Crippen MR) is 61.3 cm³/mol. The van der Waals surface area contributed by atoms with Gasteiger partial charge in [0, 0.05) is 0 Å². The van der Waals surface area contributed by atoms with Crippen LogP contribution in [0.15, 0.2) is 36.4 Å². The van der Waals surface area contributed by atoms with Crippen LogP contribution in [0, 0.1) is 0 Å². The van der Waals surface area contributed by atoms with Crippen molar-refractivity contribution >= 4 is 11.5 Å². The van der Waals surface area contributed by atoms with Crippen molar-refractivity contribution in [3.8, 4) is 0 Å². The molecule has 0 N–H and O–H groups in total. The third-order valence-electron chi connectivity index (χ3n) is 2.11. The summed E-state index contributed by atoms with van der Waals surface area (Å²) in [5.41, 5.74) is 2.24. The number of hydrogen-bond donors (Lipinski definition) is 0. The zero-order chi connectivity index (χ0) is 11.1. The maximum atomic E-state index is 11.1. The quantitative estimate of drug-likeness (QED) is 0.704. The van der Waals surface area contributed by atoms with Gasteiger partial charge in [-0.3, -0.25) is 4.79 Å². The molecule has 0 spiro atoms. The van der Waals surface area contributed by atoms with Crippen LogP contribution in [-0.2, 0) is 9.53 Å². The number of esters is 1. The molecule has 0 saturated heterocycles. The van der Waals surface area contributed by atoms with E-state index in [-0.39, 0.29) is 5.97 Å². The maximum absolute atomic E-state index is 11.1. The second kappa shape index (κ2) is 6.02. The number of allylic oxidation sites excluding steroid dienone is 1. The number of carbonyl (C=O) groups is 1. The van der Waals surface area contributed by atoms with Gasteiger partial charge in [-0.2, -0.15) is 0 Å². The molecule has 1 rings (SSSR count). The lowest BCUT2D eigenvalue weighted by atomic mass is 10.1. The lowest BCUT2D eigenvalue weighted by molar-refractivity contribution is -0.142. The molecule has 0 heterocycles. The Bertz CT molecular complexity index is 339. The van der Waals surface area contributed by atoms with Crippen LogP contribution in [0.5, 0.6) is 0 Å². The molecule has 1 aromatic rings. The van der Waals surface area contributed by atoms with E-state index in [1.165, 1.54) is 0 Å². The summed E-state index contributed by atoms with van der Waals surface area (Å²) in [6.45, 7) is 4.25. The largest absolute Gasteiger partial charge is 0.466 e. The summed E-state index contributed by atoms with van der Waals surface area (Å²) in [4.78, 5) is 11.1. The summed E-state index contributed by atoms with van der Waals surface area (Å²) >= 11 is 0. The van der Waals surface area contributed by atoms with Gasteiger partial charge in [-0.15, -0.1) is 0 Å². The third kappa shape index (κ3) is 3.98. The second-order valence-electron chi connectivity index (χ2n) is 3.26. The van der Waals surface area contributed by atoms with Gasteiger partial charge < -0.3 is 4.74 Å². The standard InChI is InChI=1S/C13H16O2/c1-3-15-13(14)10-9-11(2)12-7-5-4-6-8-12/h4-9H,3,10H2,1-2H3/b11-9-. The van der Waals surface area contributed by atoms with Crippen molar-refractivity contribution in [3.05, 3.63) is 42.0 Å². The minimum Gasteiger partial charge on any atom is -0.466 e. The fourth-order valence-electron chi connectivity index (χ4n) is 1.28. The van der Waals surface area contributed by atoms with Crippen molar-refractivity contribution in [2.75, 3.05) is 6.61 Å². The van der Waals surface area contributed by atoms with Crippen molar-refractivity contribution in [2.24, 2.45) is 0 Å².